The number of hydrogen-bond acceptors (Lipinski definition) is 2. The maximum Gasteiger partial charge on any atom is 0.421 e. The van der Waals surface area contributed by atoms with Gasteiger partial charge in [0.05, 0.1) is 0 Å². The van der Waals surface area contributed by atoms with Crippen LogP contribution >= 0.6 is 0 Å². The second kappa shape index (κ2) is 2.45. The normalized spacial score (nSPS) is 12.2. The van der Waals surface area contributed by atoms with Gasteiger partial charge in [-0.2, -0.15) is 13.2 Å². The molecule has 3 nitrogen and oxygen atoms in total. The molecule has 0 aromatic carbocycles. The van der Waals surface area contributed by atoms with Gasteiger partial charge in [0.1, 0.15) is 18.1 Å². The van der Waals surface area contributed by atoms with Gasteiger partial charge < -0.3 is 0 Å². The average molecular weight is 186 g/mol. The largest absolute Gasteiger partial charge is 0.421 e. The van der Waals surface area contributed by atoms with Crippen molar-refractivity contribution in [2.75, 3.05) is 0 Å². The van der Waals surface area contributed by atoms with Crippen molar-refractivity contribution in [3.8, 4) is 0 Å². The Balaban J connectivity index is 2.75. The van der Waals surface area contributed by atoms with Gasteiger partial charge in [0.15, 0.2) is 5.65 Å². The summed E-state index contributed by atoms with van der Waals surface area (Å²) in [6.07, 6.45) is 1.18. The minimum absolute atomic E-state index is 0.178. The van der Waals surface area contributed by atoms with E-state index in [-0.39, 0.29) is 5.65 Å². The van der Waals surface area contributed by atoms with Crippen LogP contribution in [0.15, 0.2) is 18.7 Å². The highest BCUT2D eigenvalue weighted by Gasteiger charge is 2.34. The predicted molar refractivity (Wildman–Crippen MR) is 36.8 cm³/mol. The molecular weight excluding hydrogens is 183 g/mol. The number of rotatable bonds is 0. The maximum atomic E-state index is 12.3. The van der Waals surface area contributed by atoms with Crippen LogP contribution in [0.5, 0.6) is 0 Å². The summed E-state index contributed by atoms with van der Waals surface area (Å²) in [5, 5.41) is 0. The Morgan fingerprint density at radius 2 is 2.15 bits per heavy atom. The summed E-state index contributed by atoms with van der Waals surface area (Å²) in [7, 11) is 0. The number of hydrogen-bond donors (Lipinski definition) is 0. The third-order valence-electron chi connectivity index (χ3n) is 1.55. The van der Waals surface area contributed by atoms with Gasteiger partial charge in [-0.15, -0.1) is 0 Å². The molecule has 0 amide bonds. The second-order valence-electron chi connectivity index (χ2n) is 2.41. The van der Waals surface area contributed by atoms with Crippen LogP contribution in [0, 0.1) is 6.20 Å². The third kappa shape index (κ3) is 1.24. The van der Waals surface area contributed by atoms with E-state index in [4.69, 9.17) is 0 Å². The molecule has 0 N–H and O–H groups in total. The lowest BCUT2D eigenvalue weighted by Crippen LogP contribution is -2.08. The molecule has 0 bridgehead atoms. The molecule has 0 atom stereocenters. The standard InChI is InChI=1S/C7H3F3N3/c8-7(9,10)5-3-11-4-13-2-1-12-6(5)13/h2-4H. The van der Waals surface area contributed by atoms with Crippen molar-refractivity contribution < 1.29 is 13.2 Å². The molecule has 0 fully saturated rings. The highest BCUT2D eigenvalue weighted by molar-refractivity contribution is 5.47. The molecule has 0 saturated carbocycles. The highest BCUT2D eigenvalue weighted by atomic mass is 19.4. The highest BCUT2D eigenvalue weighted by Crippen LogP contribution is 2.30. The van der Waals surface area contributed by atoms with E-state index >= 15 is 0 Å². The van der Waals surface area contributed by atoms with E-state index in [9.17, 15) is 13.2 Å². The SMILES string of the molecule is FC(F)(F)c1cncn2c[c]nc12. The van der Waals surface area contributed by atoms with Crippen molar-refractivity contribution in [2.24, 2.45) is 0 Å². The first-order chi connectivity index (χ1) is 6.09. The summed E-state index contributed by atoms with van der Waals surface area (Å²) in [6, 6.07) is 0. The van der Waals surface area contributed by atoms with Crippen molar-refractivity contribution in [3.63, 3.8) is 0 Å². The molecule has 6 heteroatoms. The maximum absolute atomic E-state index is 12.3. The first kappa shape index (κ1) is 8.03. The van der Waals surface area contributed by atoms with E-state index in [0.29, 0.717) is 0 Å². The minimum atomic E-state index is -4.42. The number of aromatic nitrogens is 3. The Bertz CT molecular complexity index is 432. The van der Waals surface area contributed by atoms with Crippen LogP contribution in [-0.4, -0.2) is 14.4 Å². The topological polar surface area (TPSA) is 30.2 Å². The zero-order valence-corrected chi connectivity index (χ0v) is 6.21. The summed E-state index contributed by atoms with van der Waals surface area (Å²) >= 11 is 0. The van der Waals surface area contributed by atoms with Crippen LogP contribution in [0.3, 0.4) is 0 Å². The molecule has 2 rings (SSSR count). The molecule has 2 aromatic rings. The molecule has 2 aromatic heterocycles. The number of nitrogens with zero attached hydrogens (tertiary/aromatic N) is 3. The van der Waals surface area contributed by atoms with Gasteiger partial charge >= 0.3 is 6.18 Å². The van der Waals surface area contributed by atoms with Gasteiger partial charge in [0.25, 0.3) is 0 Å². The van der Waals surface area contributed by atoms with Crippen molar-refractivity contribution in [1.82, 2.24) is 14.4 Å². The fourth-order valence-corrected chi connectivity index (χ4v) is 0.996. The molecule has 0 aliphatic rings. The van der Waals surface area contributed by atoms with Gasteiger partial charge in [-0.3, -0.25) is 4.40 Å². The molecule has 13 heavy (non-hydrogen) atoms. The van der Waals surface area contributed by atoms with Crippen molar-refractivity contribution in [2.45, 2.75) is 6.18 Å². The predicted octanol–water partition coefficient (Wildman–Crippen LogP) is 1.55. The Morgan fingerprint density at radius 3 is 2.85 bits per heavy atom. The fraction of sp³-hybridized carbons (Fsp3) is 0.143. The molecule has 0 unspecified atom stereocenters. The summed E-state index contributed by atoms with van der Waals surface area (Å²) < 4.78 is 38.0. The molecule has 0 aliphatic carbocycles. The Hall–Kier alpha value is -1.59. The summed E-state index contributed by atoms with van der Waals surface area (Å²) in [4.78, 5) is 6.90. The van der Waals surface area contributed by atoms with E-state index in [1.54, 1.807) is 0 Å². The van der Waals surface area contributed by atoms with Gasteiger partial charge in [-0.05, 0) is 0 Å². The molecule has 0 aliphatic heterocycles. The van der Waals surface area contributed by atoms with Crippen LogP contribution in [0.2, 0.25) is 0 Å². The van der Waals surface area contributed by atoms with Crippen LogP contribution in [-0.2, 0) is 6.18 Å². The third-order valence-corrected chi connectivity index (χ3v) is 1.55. The Kier molecular flexibility index (Phi) is 1.51. The van der Waals surface area contributed by atoms with Gasteiger partial charge in [-0.1, -0.05) is 0 Å². The van der Waals surface area contributed by atoms with Crippen LogP contribution in [0.25, 0.3) is 5.65 Å². The number of imidazole rings is 1. The van der Waals surface area contributed by atoms with E-state index in [0.717, 1.165) is 6.20 Å². The zero-order valence-electron chi connectivity index (χ0n) is 6.21. The molecule has 1 radical (unpaired) electrons. The van der Waals surface area contributed by atoms with Crippen molar-refractivity contribution >= 4 is 5.65 Å². The summed E-state index contributed by atoms with van der Waals surface area (Å²) in [5.41, 5.74) is -1.03. The molecule has 0 spiro atoms. The van der Waals surface area contributed by atoms with Crippen molar-refractivity contribution in [3.05, 3.63) is 30.5 Å². The molecular formula is C7H3F3N3. The first-order valence-electron chi connectivity index (χ1n) is 3.35. The minimum Gasteiger partial charge on any atom is -0.289 e. The number of fused-ring (bicyclic) bond motifs is 1. The van der Waals surface area contributed by atoms with Crippen LogP contribution < -0.4 is 0 Å². The van der Waals surface area contributed by atoms with E-state index in [2.05, 4.69) is 16.2 Å². The molecule has 0 saturated heterocycles. The van der Waals surface area contributed by atoms with Crippen LogP contribution in [0.4, 0.5) is 13.2 Å². The van der Waals surface area contributed by atoms with E-state index < -0.39 is 11.7 Å². The smallest absolute Gasteiger partial charge is 0.289 e. The molecule has 2 heterocycles. The lowest BCUT2D eigenvalue weighted by molar-refractivity contribution is -0.136. The Morgan fingerprint density at radius 1 is 1.38 bits per heavy atom. The number of alkyl halides is 3. The quantitative estimate of drug-likeness (QED) is 0.624. The van der Waals surface area contributed by atoms with Gasteiger partial charge in [-0.25, -0.2) is 9.97 Å². The monoisotopic (exact) mass is 186 g/mol. The second-order valence-corrected chi connectivity index (χ2v) is 2.41. The van der Waals surface area contributed by atoms with Crippen molar-refractivity contribution in [1.29, 1.82) is 0 Å². The lowest BCUT2D eigenvalue weighted by Gasteiger charge is -2.05. The average Bonchev–Trinajstić information content (AvgIpc) is 2.48. The van der Waals surface area contributed by atoms with E-state index in [1.807, 2.05) is 0 Å². The van der Waals surface area contributed by atoms with Crippen LogP contribution in [0.1, 0.15) is 5.56 Å². The van der Waals surface area contributed by atoms with Gasteiger partial charge in [0, 0.05) is 12.4 Å². The first-order valence-corrected chi connectivity index (χ1v) is 3.35. The zero-order chi connectivity index (χ0) is 9.47. The summed E-state index contributed by atoms with van der Waals surface area (Å²) in [5.74, 6) is 0. The summed E-state index contributed by atoms with van der Waals surface area (Å²) in [6.45, 7) is 0. The number of halogens is 3. The fourth-order valence-electron chi connectivity index (χ4n) is 0.996. The Labute approximate surface area is 70.9 Å². The van der Waals surface area contributed by atoms with E-state index in [1.165, 1.54) is 16.9 Å². The molecule has 67 valence electrons. The lowest BCUT2D eigenvalue weighted by atomic mass is 10.3. The van der Waals surface area contributed by atoms with Gasteiger partial charge in [0.2, 0.25) is 0 Å².